The van der Waals surface area contributed by atoms with Crippen molar-refractivity contribution >= 4 is 17.2 Å². The van der Waals surface area contributed by atoms with Crippen molar-refractivity contribution in [3.63, 3.8) is 0 Å². The normalized spacial score (nSPS) is 11.6. The molecular formula is C12H12F3N3S. The standard InChI is InChI=1S/C12H12F3N3S/c1-8-17-9(7-19-8)6-18(2)11-10(12(13,14)15)4-3-5-16-11/h3-5,7H,6H2,1-2H3. The van der Waals surface area contributed by atoms with Crippen LogP contribution < -0.4 is 4.90 Å². The second-order valence-electron chi connectivity index (χ2n) is 4.09. The molecule has 0 amide bonds. The average molecular weight is 287 g/mol. The van der Waals surface area contributed by atoms with Crippen LogP contribution in [0.3, 0.4) is 0 Å². The Morgan fingerprint density at radius 2 is 2.11 bits per heavy atom. The van der Waals surface area contributed by atoms with Crippen molar-refractivity contribution in [2.75, 3.05) is 11.9 Å². The smallest absolute Gasteiger partial charge is 0.353 e. The van der Waals surface area contributed by atoms with Crippen LogP contribution in [0, 0.1) is 6.92 Å². The van der Waals surface area contributed by atoms with Gasteiger partial charge in [-0.2, -0.15) is 13.2 Å². The Bertz CT molecular complexity index is 565. The number of rotatable bonds is 3. The summed E-state index contributed by atoms with van der Waals surface area (Å²) in [5, 5.41) is 2.72. The number of aromatic nitrogens is 2. The van der Waals surface area contributed by atoms with E-state index in [9.17, 15) is 13.2 Å². The summed E-state index contributed by atoms with van der Waals surface area (Å²) in [7, 11) is 1.58. The average Bonchev–Trinajstić information content (AvgIpc) is 2.73. The first kappa shape index (κ1) is 13.8. The number of thiazole rings is 1. The van der Waals surface area contributed by atoms with Crippen molar-refractivity contribution in [3.05, 3.63) is 40.0 Å². The molecule has 7 heteroatoms. The first-order valence-electron chi connectivity index (χ1n) is 5.52. The van der Waals surface area contributed by atoms with Crippen LogP contribution in [0.2, 0.25) is 0 Å². The molecule has 0 spiro atoms. The molecule has 2 rings (SSSR count). The maximum Gasteiger partial charge on any atom is 0.419 e. The molecule has 102 valence electrons. The van der Waals surface area contributed by atoms with Crippen molar-refractivity contribution < 1.29 is 13.2 Å². The van der Waals surface area contributed by atoms with Gasteiger partial charge in [0.2, 0.25) is 0 Å². The molecule has 0 saturated carbocycles. The summed E-state index contributed by atoms with van der Waals surface area (Å²) in [5.41, 5.74) is 0.00762. The predicted molar refractivity (Wildman–Crippen MR) is 68.2 cm³/mol. The lowest BCUT2D eigenvalue weighted by molar-refractivity contribution is -0.137. The van der Waals surface area contributed by atoms with Crippen molar-refractivity contribution in [3.8, 4) is 0 Å². The van der Waals surface area contributed by atoms with Gasteiger partial charge in [0.25, 0.3) is 0 Å². The molecule has 0 radical (unpaired) electrons. The number of pyridine rings is 1. The van der Waals surface area contributed by atoms with Crippen molar-refractivity contribution in [1.82, 2.24) is 9.97 Å². The van der Waals surface area contributed by atoms with Crippen molar-refractivity contribution in [2.24, 2.45) is 0 Å². The van der Waals surface area contributed by atoms with E-state index in [0.29, 0.717) is 6.54 Å². The number of hydrogen-bond donors (Lipinski definition) is 0. The zero-order valence-electron chi connectivity index (χ0n) is 10.4. The molecule has 0 aromatic carbocycles. The highest BCUT2D eigenvalue weighted by atomic mass is 32.1. The zero-order valence-corrected chi connectivity index (χ0v) is 11.2. The van der Waals surface area contributed by atoms with Crippen molar-refractivity contribution in [2.45, 2.75) is 19.6 Å². The molecule has 2 heterocycles. The van der Waals surface area contributed by atoms with Crippen molar-refractivity contribution in [1.29, 1.82) is 0 Å². The van der Waals surface area contributed by atoms with E-state index in [1.54, 1.807) is 7.05 Å². The molecule has 0 fully saturated rings. The van der Waals surface area contributed by atoms with Crippen LogP contribution in [0.1, 0.15) is 16.3 Å². The molecule has 0 N–H and O–H groups in total. The lowest BCUT2D eigenvalue weighted by atomic mass is 10.2. The highest BCUT2D eigenvalue weighted by Crippen LogP contribution is 2.35. The van der Waals surface area contributed by atoms with Gasteiger partial charge in [-0.25, -0.2) is 9.97 Å². The quantitative estimate of drug-likeness (QED) is 0.865. The molecule has 2 aromatic rings. The first-order chi connectivity index (χ1) is 8.88. The third kappa shape index (κ3) is 3.23. The van der Waals surface area contributed by atoms with E-state index in [1.807, 2.05) is 12.3 Å². The van der Waals surface area contributed by atoms with Gasteiger partial charge in [-0.1, -0.05) is 0 Å². The van der Waals surface area contributed by atoms with Crippen LogP contribution in [0.15, 0.2) is 23.7 Å². The summed E-state index contributed by atoms with van der Waals surface area (Å²) in [4.78, 5) is 9.52. The molecular weight excluding hydrogens is 275 g/mol. The summed E-state index contributed by atoms with van der Waals surface area (Å²) in [6.07, 6.45) is -3.05. The van der Waals surface area contributed by atoms with Crippen LogP contribution >= 0.6 is 11.3 Å². The molecule has 0 atom stereocenters. The monoisotopic (exact) mass is 287 g/mol. The van der Waals surface area contributed by atoms with Crippen LogP contribution in [0.4, 0.5) is 19.0 Å². The van der Waals surface area contributed by atoms with Gasteiger partial charge in [0.15, 0.2) is 0 Å². The number of halogens is 3. The second kappa shape index (κ2) is 5.16. The fourth-order valence-electron chi connectivity index (χ4n) is 1.72. The Hall–Kier alpha value is -1.63. The molecule has 3 nitrogen and oxygen atoms in total. The molecule has 2 aromatic heterocycles. The molecule has 0 aliphatic rings. The molecule has 0 bridgehead atoms. The summed E-state index contributed by atoms with van der Waals surface area (Å²) in [6.45, 7) is 2.15. The van der Waals surface area contributed by atoms with Gasteiger partial charge in [0, 0.05) is 18.6 Å². The van der Waals surface area contributed by atoms with Gasteiger partial charge in [-0.15, -0.1) is 11.3 Å². The van der Waals surface area contributed by atoms with Gasteiger partial charge < -0.3 is 4.90 Å². The summed E-state index contributed by atoms with van der Waals surface area (Å²) >= 11 is 1.47. The van der Waals surface area contributed by atoms with E-state index in [4.69, 9.17) is 0 Å². The number of anilines is 1. The topological polar surface area (TPSA) is 29.0 Å². The van der Waals surface area contributed by atoms with Crippen LogP contribution in [-0.4, -0.2) is 17.0 Å². The van der Waals surface area contributed by atoms with E-state index in [0.717, 1.165) is 16.8 Å². The highest BCUT2D eigenvalue weighted by molar-refractivity contribution is 7.09. The molecule has 0 unspecified atom stereocenters. The number of aryl methyl sites for hydroxylation is 1. The van der Waals surface area contributed by atoms with E-state index < -0.39 is 11.7 Å². The number of nitrogens with zero attached hydrogens (tertiary/aromatic N) is 3. The van der Waals surface area contributed by atoms with E-state index in [2.05, 4.69) is 9.97 Å². The summed E-state index contributed by atoms with van der Waals surface area (Å²) in [5.74, 6) is -0.0827. The largest absolute Gasteiger partial charge is 0.419 e. The summed E-state index contributed by atoms with van der Waals surface area (Å²) in [6, 6.07) is 2.32. The Labute approximate surface area is 112 Å². The summed E-state index contributed by atoms with van der Waals surface area (Å²) < 4.78 is 38.6. The SMILES string of the molecule is Cc1nc(CN(C)c2ncccc2C(F)(F)F)cs1. The van der Waals surface area contributed by atoms with Gasteiger partial charge >= 0.3 is 6.18 Å². The fourth-order valence-corrected chi connectivity index (χ4v) is 2.32. The van der Waals surface area contributed by atoms with Gasteiger partial charge in [-0.05, 0) is 19.1 Å². The Morgan fingerprint density at radius 1 is 1.37 bits per heavy atom. The number of alkyl halides is 3. The second-order valence-corrected chi connectivity index (χ2v) is 5.15. The minimum atomic E-state index is -4.41. The number of hydrogen-bond acceptors (Lipinski definition) is 4. The van der Waals surface area contributed by atoms with E-state index in [-0.39, 0.29) is 5.82 Å². The van der Waals surface area contributed by atoms with Crippen LogP contribution in [0.25, 0.3) is 0 Å². The van der Waals surface area contributed by atoms with E-state index in [1.165, 1.54) is 28.5 Å². The molecule has 0 aliphatic carbocycles. The zero-order chi connectivity index (χ0) is 14.0. The maximum absolute atomic E-state index is 12.9. The minimum Gasteiger partial charge on any atom is -0.353 e. The van der Waals surface area contributed by atoms with Gasteiger partial charge in [-0.3, -0.25) is 0 Å². The Morgan fingerprint density at radius 3 is 2.68 bits per heavy atom. The predicted octanol–water partition coefficient (Wildman–Crippen LogP) is 3.50. The third-order valence-electron chi connectivity index (χ3n) is 2.52. The molecule has 0 saturated heterocycles. The van der Waals surface area contributed by atoms with Crippen LogP contribution in [0.5, 0.6) is 0 Å². The molecule has 0 aliphatic heterocycles. The van der Waals surface area contributed by atoms with E-state index >= 15 is 0 Å². The maximum atomic E-state index is 12.9. The van der Waals surface area contributed by atoms with Gasteiger partial charge in [0.1, 0.15) is 5.82 Å². The Kier molecular flexibility index (Phi) is 3.75. The lowest BCUT2D eigenvalue weighted by Gasteiger charge is -2.21. The fraction of sp³-hybridized carbons (Fsp3) is 0.333. The lowest BCUT2D eigenvalue weighted by Crippen LogP contribution is -2.22. The third-order valence-corrected chi connectivity index (χ3v) is 3.34. The highest BCUT2D eigenvalue weighted by Gasteiger charge is 2.35. The molecule has 19 heavy (non-hydrogen) atoms. The minimum absolute atomic E-state index is 0.0827. The van der Waals surface area contributed by atoms with Gasteiger partial charge in [0.05, 0.1) is 22.8 Å². The first-order valence-corrected chi connectivity index (χ1v) is 6.40. The Balaban J connectivity index is 2.26. The van der Waals surface area contributed by atoms with Crippen LogP contribution in [-0.2, 0) is 12.7 Å².